The third-order valence-electron chi connectivity index (χ3n) is 6.61. The summed E-state index contributed by atoms with van der Waals surface area (Å²) in [5.74, 6) is 0.0204. The lowest BCUT2D eigenvalue weighted by atomic mass is 9.88. The Hall–Kier alpha value is -4.13. The van der Waals surface area contributed by atoms with Gasteiger partial charge in [0.25, 0.3) is 0 Å². The van der Waals surface area contributed by atoms with Crippen LogP contribution in [0.5, 0.6) is 5.88 Å². The maximum absolute atomic E-state index is 14.5. The first-order valence-corrected chi connectivity index (χ1v) is 12.3. The Kier molecular flexibility index (Phi) is 6.98. The number of carbonyl (C=O) groups is 2. The van der Waals surface area contributed by atoms with Crippen LogP contribution in [0.25, 0.3) is 10.9 Å². The first-order valence-electron chi connectivity index (χ1n) is 12.3. The number of benzene rings is 3. The number of nitrogens with one attached hydrogen (secondary N) is 2. The highest BCUT2D eigenvalue weighted by Crippen LogP contribution is 2.31. The van der Waals surface area contributed by atoms with Crippen LogP contribution in [0.1, 0.15) is 37.7 Å². The van der Waals surface area contributed by atoms with Crippen molar-refractivity contribution in [2.24, 2.45) is 5.92 Å². The van der Waals surface area contributed by atoms with Gasteiger partial charge in [-0.2, -0.15) is 0 Å². The molecular weight excluding hydrogens is 457 g/mol. The third kappa shape index (κ3) is 5.40. The summed E-state index contributed by atoms with van der Waals surface area (Å²) in [5.41, 5.74) is 2.52. The number of aromatic nitrogens is 1. The second-order valence-electron chi connectivity index (χ2n) is 9.14. The molecule has 1 aliphatic rings. The number of hydrogen-bond acceptors (Lipinski definition) is 3. The van der Waals surface area contributed by atoms with Crippen molar-refractivity contribution in [3.05, 3.63) is 90.2 Å². The zero-order valence-electron chi connectivity index (χ0n) is 19.9. The van der Waals surface area contributed by atoms with Crippen molar-refractivity contribution >= 4 is 34.3 Å². The average Bonchev–Trinajstić information content (AvgIpc) is 3.22. The predicted molar refractivity (Wildman–Crippen MR) is 139 cm³/mol. The average molecular weight is 486 g/mol. The summed E-state index contributed by atoms with van der Waals surface area (Å²) in [4.78, 5) is 25.4. The van der Waals surface area contributed by atoms with Crippen molar-refractivity contribution < 1.29 is 18.7 Å². The Morgan fingerprint density at radius 3 is 2.39 bits per heavy atom. The van der Waals surface area contributed by atoms with Crippen LogP contribution in [0.4, 0.5) is 20.6 Å². The number of fused-ring (bicyclic) bond motifs is 1. The number of carbonyl (C=O) groups excluding carboxylic acids is 2. The van der Waals surface area contributed by atoms with Gasteiger partial charge in [0.05, 0.1) is 12.1 Å². The number of amides is 2. The van der Waals surface area contributed by atoms with Gasteiger partial charge in [-0.1, -0.05) is 55.7 Å². The smallest absolute Gasteiger partial charge is 0.393 e. The molecule has 0 saturated heterocycles. The first-order chi connectivity index (χ1) is 17.6. The molecule has 0 unspecified atom stereocenters. The van der Waals surface area contributed by atoms with E-state index in [1.165, 1.54) is 12.5 Å². The molecule has 3 aromatic carbocycles. The zero-order valence-corrected chi connectivity index (χ0v) is 19.9. The van der Waals surface area contributed by atoms with Crippen molar-refractivity contribution in [2.45, 2.75) is 38.6 Å². The minimum Gasteiger partial charge on any atom is -0.393 e. The summed E-state index contributed by atoms with van der Waals surface area (Å²) >= 11 is 0. The molecule has 2 amide bonds. The van der Waals surface area contributed by atoms with Gasteiger partial charge in [0.1, 0.15) is 5.82 Å². The van der Waals surface area contributed by atoms with Gasteiger partial charge in [0.2, 0.25) is 11.8 Å². The number of hydrogen-bond donors (Lipinski definition) is 2. The van der Waals surface area contributed by atoms with Crippen LogP contribution in [0.2, 0.25) is 0 Å². The Morgan fingerprint density at radius 2 is 1.61 bits per heavy atom. The van der Waals surface area contributed by atoms with Crippen molar-refractivity contribution in [3.63, 3.8) is 0 Å². The van der Waals surface area contributed by atoms with E-state index in [2.05, 4.69) is 10.6 Å². The van der Waals surface area contributed by atoms with Gasteiger partial charge in [0.15, 0.2) is 0 Å². The van der Waals surface area contributed by atoms with E-state index < -0.39 is 6.09 Å². The summed E-state index contributed by atoms with van der Waals surface area (Å²) in [6, 6.07) is 22.8. The molecule has 4 aromatic rings. The maximum Gasteiger partial charge on any atom is 0.418 e. The van der Waals surface area contributed by atoms with Gasteiger partial charge in [-0.3, -0.25) is 10.1 Å². The van der Waals surface area contributed by atoms with E-state index in [9.17, 15) is 14.0 Å². The third-order valence-corrected chi connectivity index (χ3v) is 6.61. The number of para-hydroxylation sites is 1. The zero-order chi connectivity index (χ0) is 24.9. The fraction of sp³-hybridized carbons (Fsp3) is 0.241. The molecule has 5 rings (SSSR count). The minimum atomic E-state index is -0.649. The number of nitrogens with zero attached hydrogens (tertiary/aromatic N) is 1. The molecule has 0 aliphatic heterocycles. The first kappa shape index (κ1) is 23.6. The number of anilines is 2. The lowest BCUT2D eigenvalue weighted by Gasteiger charge is -2.20. The molecule has 7 heteroatoms. The molecule has 1 saturated carbocycles. The fourth-order valence-corrected chi connectivity index (χ4v) is 4.74. The van der Waals surface area contributed by atoms with Crippen LogP contribution in [-0.2, 0) is 11.3 Å². The van der Waals surface area contributed by atoms with Crippen LogP contribution in [0.15, 0.2) is 78.9 Å². The summed E-state index contributed by atoms with van der Waals surface area (Å²) in [7, 11) is 0. The largest absolute Gasteiger partial charge is 0.418 e. The van der Waals surface area contributed by atoms with E-state index in [-0.39, 0.29) is 30.1 Å². The Morgan fingerprint density at radius 1 is 0.861 bits per heavy atom. The van der Waals surface area contributed by atoms with Crippen LogP contribution < -0.4 is 15.4 Å². The van der Waals surface area contributed by atoms with Gasteiger partial charge in [-0.25, -0.2) is 9.18 Å². The molecule has 1 heterocycles. The number of rotatable bonds is 6. The molecule has 6 nitrogen and oxygen atoms in total. The van der Waals surface area contributed by atoms with Crippen molar-refractivity contribution in [1.82, 2.24) is 4.57 Å². The second kappa shape index (κ2) is 10.6. The molecule has 1 fully saturated rings. The van der Waals surface area contributed by atoms with Gasteiger partial charge < -0.3 is 14.6 Å². The monoisotopic (exact) mass is 485 g/mol. The SMILES string of the molecule is O=C(Nc1ccccc1)Oc1cc2cc(NC(=O)C3CCCCC3)ccc2n1Cc1ccccc1F. The van der Waals surface area contributed by atoms with Gasteiger partial charge in [-0.15, -0.1) is 0 Å². The van der Waals surface area contributed by atoms with Crippen molar-refractivity contribution in [1.29, 1.82) is 0 Å². The number of ether oxygens (including phenoxy) is 1. The summed E-state index contributed by atoms with van der Waals surface area (Å²) in [5, 5.41) is 6.52. The van der Waals surface area contributed by atoms with E-state index in [0.717, 1.165) is 36.6 Å². The molecule has 0 radical (unpaired) electrons. The molecule has 36 heavy (non-hydrogen) atoms. The van der Waals surface area contributed by atoms with Crippen LogP contribution >= 0.6 is 0 Å². The molecule has 1 aliphatic carbocycles. The Labute approximate surface area is 209 Å². The van der Waals surface area contributed by atoms with Crippen LogP contribution in [0.3, 0.4) is 0 Å². The second-order valence-corrected chi connectivity index (χ2v) is 9.14. The molecule has 0 atom stereocenters. The summed E-state index contributed by atoms with van der Waals surface area (Å²) in [6.07, 6.45) is 4.54. The lowest BCUT2D eigenvalue weighted by molar-refractivity contribution is -0.120. The highest BCUT2D eigenvalue weighted by Gasteiger charge is 2.22. The van der Waals surface area contributed by atoms with Gasteiger partial charge >= 0.3 is 6.09 Å². The van der Waals surface area contributed by atoms with Gasteiger partial charge in [-0.05, 0) is 49.2 Å². The molecule has 0 spiro atoms. The summed E-state index contributed by atoms with van der Waals surface area (Å²) < 4.78 is 21.9. The van der Waals surface area contributed by atoms with E-state index >= 15 is 0 Å². The van der Waals surface area contributed by atoms with Gasteiger partial charge in [0, 0.05) is 34.3 Å². The van der Waals surface area contributed by atoms with Crippen molar-refractivity contribution in [2.75, 3.05) is 10.6 Å². The molecule has 1 aromatic heterocycles. The Bertz CT molecular complexity index is 1380. The topological polar surface area (TPSA) is 72.4 Å². The standard InChI is InChI=1S/C29H28FN3O3/c30-25-14-8-7-11-21(25)19-33-26-16-15-24(31-28(34)20-9-3-1-4-10-20)17-22(26)18-27(33)36-29(35)32-23-12-5-2-6-13-23/h2,5-8,11-18,20H,1,3-4,9-10,19H2,(H,31,34)(H,32,35). The highest BCUT2D eigenvalue weighted by atomic mass is 19.1. The van der Waals surface area contributed by atoms with E-state index in [1.807, 2.05) is 36.4 Å². The minimum absolute atomic E-state index is 0.0403. The molecule has 184 valence electrons. The van der Waals surface area contributed by atoms with E-state index in [0.29, 0.717) is 16.9 Å². The fourth-order valence-electron chi connectivity index (χ4n) is 4.74. The maximum atomic E-state index is 14.5. The molecule has 2 N–H and O–H groups in total. The van der Waals surface area contributed by atoms with Crippen molar-refractivity contribution in [3.8, 4) is 5.88 Å². The van der Waals surface area contributed by atoms with E-state index in [4.69, 9.17) is 4.74 Å². The van der Waals surface area contributed by atoms with Crippen LogP contribution in [0, 0.1) is 11.7 Å². The highest BCUT2D eigenvalue weighted by molar-refractivity contribution is 5.96. The van der Waals surface area contributed by atoms with E-state index in [1.54, 1.807) is 41.0 Å². The van der Waals surface area contributed by atoms with Crippen LogP contribution in [-0.4, -0.2) is 16.6 Å². The molecular formula is C29H28FN3O3. The Balaban J connectivity index is 1.43. The quantitative estimate of drug-likeness (QED) is 0.310. The predicted octanol–water partition coefficient (Wildman–Crippen LogP) is 6.96. The number of halogens is 1. The lowest BCUT2D eigenvalue weighted by Crippen LogP contribution is -2.24. The normalized spacial score (nSPS) is 13.9. The molecule has 0 bridgehead atoms. The summed E-state index contributed by atoms with van der Waals surface area (Å²) in [6.45, 7) is 0.178.